The Bertz CT molecular complexity index is 619. The van der Waals surface area contributed by atoms with Crippen molar-refractivity contribution in [3.63, 3.8) is 0 Å². The molecule has 136 valence electrons. The van der Waals surface area contributed by atoms with Crippen molar-refractivity contribution in [2.24, 2.45) is 0 Å². The van der Waals surface area contributed by atoms with Gasteiger partial charge in [-0.25, -0.2) is 4.79 Å². The first kappa shape index (κ1) is 20.2. The SMILES string of the molecule is O=C(O)N[C@H](CCCOS(=O)(=O)Cc1ccccc1)CC(F)(F)F. The third-order valence-electron chi connectivity index (χ3n) is 2.95. The molecule has 0 unspecified atom stereocenters. The van der Waals surface area contributed by atoms with Gasteiger partial charge in [-0.3, -0.25) is 4.18 Å². The van der Waals surface area contributed by atoms with Crippen LogP contribution in [0.2, 0.25) is 0 Å². The maximum atomic E-state index is 12.3. The first-order chi connectivity index (χ1) is 11.1. The maximum Gasteiger partial charge on any atom is 0.404 e. The van der Waals surface area contributed by atoms with E-state index in [1.165, 1.54) is 0 Å². The Morgan fingerprint density at radius 3 is 2.42 bits per heavy atom. The molecule has 0 saturated heterocycles. The molecular weight excluding hydrogens is 351 g/mol. The molecule has 1 aromatic rings. The number of alkyl halides is 3. The fourth-order valence-electron chi connectivity index (χ4n) is 2.01. The van der Waals surface area contributed by atoms with Crippen LogP contribution < -0.4 is 5.32 Å². The number of carboxylic acid groups (broad SMARTS) is 1. The Kier molecular flexibility index (Phi) is 7.49. The largest absolute Gasteiger partial charge is 0.465 e. The van der Waals surface area contributed by atoms with Crippen molar-refractivity contribution in [3.05, 3.63) is 35.9 Å². The average molecular weight is 369 g/mol. The van der Waals surface area contributed by atoms with Gasteiger partial charge in [-0.2, -0.15) is 21.6 Å². The van der Waals surface area contributed by atoms with Gasteiger partial charge < -0.3 is 10.4 Å². The number of hydrogen-bond donors (Lipinski definition) is 2. The summed E-state index contributed by atoms with van der Waals surface area (Å²) in [4.78, 5) is 10.5. The molecule has 0 spiro atoms. The molecule has 0 heterocycles. The molecule has 6 nitrogen and oxygen atoms in total. The molecule has 0 aliphatic carbocycles. The highest BCUT2D eigenvalue weighted by Crippen LogP contribution is 2.23. The minimum atomic E-state index is -4.52. The lowest BCUT2D eigenvalue weighted by atomic mass is 10.1. The van der Waals surface area contributed by atoms with Gasteiger partial charge in [-0.15, -0.1) is 0 Å². The lowest BCUT2D eigenvalue weighted by Gasteiger charge is -2.18. The highest BCUT2D eigenvalue weighted by Gasteiger charge is 2.32. The fraction of sp³-hybridized carbons (Fsp3) is 0.500. The summed E-state index contributed by atoms with van der Waals surface area (Å²) in [5.41, 5.74) is 0.528. The normalized spacial score (nSPS) is 13.5. The van der Waals surface area contributed by atoms with Crippen molar-refractivity contribution >= 4 is 16.2 Å². The van der Waals surface area contributed by atoms with Crippen LogP contribution in [0, 0.1) is 0 Å². The summed E-state index contributed by atoms with van der Waals surface area (Å²) in [5, 5.41) is 10.3. The average Bonchev–Trinajstić information content (AvgIpc) is 2.41. The first-order valence-corrected chi connectivity index (χ1v) is 8.62. The molecule has 0 radical (unpaired) electrons. The number of hydrogen-bond acceptors (Lipinski definition) is 4. The molecule has 1 rings (SSSR count). The molecule has 1 aromatic carbocycles. The Labute approximate surface area is 137 Å². The maximum absolute atomic E-state index is 12.3. The van der Waals surface area contributed by atoms with Gasteiger partial charge in [0, 0.05) is 6.04 Å². The van der Waals surface area contributed by atoms with Crippen molar-refractivity contribution < 1.29 is 35.7 Å². The van der Waals surface area contributed by atoms with E-state index < -0.39 is 34.9 Å². The summed E-state index contributed by atoms with van der Waals surface area (Å²) in [6, 6.07) is 6.94. The minimum absolute atomic E-state index is 0.0327. The van der Waals surface area contributed by atoms with Crippen LogP contribution in [-0.2, 0) is 20.1 Å². The third kappa shape index (κ3) is 9.36. The predicted octanol–water partition coefficient (Wildman–Crippen LogP) is 2.90. The van der Waals surface area contributed by atoms with Gasteiger partial charge in [-0.1, -0.05) is 30.3 Å². The van der Waals surface area contributed by atoms with E-state index in [9.17, 15) is 26.4 Å². The molecule has 0 saturated carbocycles. The molecule has 1 atom stereocenters. The summed E-state index contributed by atoms with van der Waals surface area (Å²) in [5.74, 6) is -0.340. The Hall–Kier alpha value is -1.81. The van der Waals surface area contributed by atoms with Crippen LogP contribution in [0.5, 0.6) is 0 Å². The fourth-order valence-corrected chi connectivity index (χ4v) is 3.07. The third-order valence-corrected chi connectivity index (χ3v) is 4.16. The zero-order chi connectivity index (χ0) is 18.2. The second-order valence-electron chi connectivity index (χ2n) is 5.12. The van der Waals surface area contributed by atoms with Crippen LogP contribution in [0.1, 0.15) is 24.8 Å². The Morgan fingerprint density at radius 1 is 1.25 bits per heavy atom. The lowest BCUT2D eigenvalue weighted by molar-refractivity contribution is -0.139. The number of nitrogens with one attached hydrogen (secondary N) is 1. The predicted molar refractivity (Wildman–Crippen MR) is 79.9 cm³/mol. The summed E-state index contributed by atoms with van der Waals surface area (Å²) in [6.07, 6.45) is -7.63. The van der Waals surface area contributed by atoms with Crippen LogP contribution in [-0.4, -0.2) is 38.4 Å². The quantitative estimate of drug-likeness (QED) is 0.516. The number of rotatable bonds is 9. The molecule has 0 bridgehead atoms. The van der Waals surface area contributed by atoms with Crippen LogP contribution >= 0.6 is 0 Å². The van der Waals surface area contributed by atoms with E-state index in [-0.39, 0.29) is 25.2 Å². The minimum Gasteiger partial charge on any atom is -0.465 e. The summed E-state index contributed by atoms with van der Waals surface area (Å²) < 4.78 is 65.2. The van der Waals surface area contributed by atoms with E-state index >= 15 is 0 Å². The zero-order valence-electron chi connectivity index (χ0n) is 12.6. The second-order valence-corrected chi connectivity index (χ2v) is 6.76. The van der Waals surface area contributed by atoms with Gasteiger partial charge in [0.2, 0.25) is 0 Å². The van der Waals surface area contributed by atoms with Crippen molar-refractivity contribution in [2.75, 3.05) is 6.61 Å². The number of benzene rings is 1. The summed E-state index contributed by atoms with van der Waals surface area (Å²) >= 11 is 0. The molecule has 10 heteroatoms. The molecule has 0 aliphatic rings. The van der Waals surface area contributed by atoms with Crippen LogP contribution in [0.4, 0.5) is 18.0 Å². The van der Waals surface area contributed by atoms with E-state index in [0.717, 1.165) is 0 Å². The lowest BCUT2D eigenvalue weighted by Crippen LogP contribution is -2.37. The van der Waals surface area contributed by atoms with Crippen LogP contribution in [0.25, 0.3) is 0 Å². The van der Waals surface area contributed by atoms with Crippen molar-refractivity contribution in [1.29, 1.82) is 0 Å². The van der Waals surface area contributed by atoms with E-state index in [4.69, 9.17) is 9.29 Å². The van der Waals surface area contributed by atoms with Gasteiger partial charge in [0.15, 0.2) is 0 Å². The van der Waals surface area contributed by atoms with Gasteiger partial charge >= 0.3 is 12.3 Å². The Balaban J connectivity index is 2.42. The van der Waals surface area contributed by atoms with Crippen molar-refractivity contribution in [1.82, 2.24) is 5.32 Å². The number of amides is 1. The van der Waals surface area contributed by atoms with Crippen LogP contribution in [0.3, 0.4) is 0 Å². The second kappa shape index (κ2) is 8.88. The summed E-state index contributed by atoms with van der Waals surface area (Å²) in [6.45, 7) is -0.315. The monoisotopic (exact) mass is 369 g/mol. The van der Waals surface area contributed by atoms with E-state index in [1.54, 1.807) is 35.6 Å². The number of carbonyl (C=O) groups is 1. The molecule has 0 aliphatic heterocycles. The topological polar surface area (TPSA) is 92.7 Å². The van der Waals surface area contributed by atoms with E-state index in [0.29, 0.717) is 5.56 Å². The zero-order valence-corrected chi connectivity index (χ0v) is 13.4. The van der Waals surface area contributed by atoms with Gasteiger partial charge in [0.1, 0.15) is 5.75 Å². The van der Waals surface area contributed by atoms with Crippen molar-refractivity contribution in [3.8, 4) is 0 Å². The molecule has 24 heavy (non-hydrogen) atoms. The molecule has 1 amide bonds. The van der Waals surface area contributed by atoms with E-state index in [2.05, 4.69) is 0 Å². The smallest absolute Gasteiger partial charge is 0.404 e. The van der Waals surface area contributed by atoms with Gasteiger partial charge in [0.25, 0.3) is 10.1 Å². The Morgan fingerprint density at radius 2 is 1.88 bits per heavy atom. The molecular formula is C14H18F3NO5S. The molecule has 2 N–H and O–H groups in total. The molecule has 0 aromatic heterocycles. The first-order valence-electron chi connectivity index (χ1n) is 7.04. The highest BCUT2D eigenvalue weighted by molar-refractivity contribution is 7.85. The van der Waals surface area contributed by atoms with Crippen LogP contribution in [0.15, 0.2) is 30.3 Å². The van der Waals surface area contributed by atoms with Gasteiger partial charge in [-0.05, 0) is 18.4 Å². The summed E-state index contributed by atoms with van der Waals surface area (Å²) in [7, 11) is -3.85. The van der Waals surface area contributed by atoms with Crippen molar-refractivity contribution in [2.45, 2.75) is 37.2 Å². The van der Waals surface area contributed by atoms with E-state index in [1.807, 2.05) is 0 Å². The highest BCUT2D eigenvalue weighted by atomic mass is 32.2. The standard InChI is InChI=1S/C14H18F3NO5S/c15-14(16,17)9-12(18-13(19)20)7-4-8-23-24(21,22)10-11-5-2-1-3-6-11/h1-3,5-6,12,18H,4,7-10H2,(H,19,20)/t12-/m1/s1. The number of halogens is 3. The van der Waals surface area contributed by atoms with Gasteiger partial charge in [0.05, 0.1) is 13.0 Å². The molecule has 0 fully saturated rings.